The number of aromatic nitrogens is 1. The van der Waals surface area contributed by atoms with Crippen LogP contribution >= 0.6 is 35.0 Å². The van der Waals surface area contributed by atoms with E-state index in [4.69, 9.17) is 46.1 Å². The van der Waals surface area contributed by atoms with E-state index >= 15 is 0 Å². The number of benzene rings is 1. The van der Waals surface area contributed by atoms with Crippen molar-refractivity contribution in [3.05, 3.63) is 62.4 Å². The number of piperidine rings is 1. The van der Waals surface area contributed by atoms with Gasteiger partial charge in [0.15, 0.2) is 5.96 Å². The highest BCUT2D eigenvalue weighted by Gasteiger charge is 2.46. The van der Waals surface area contributed by atoms with Crippen LogP contribution in [0.4, 0.5) is 5.82 Å². The van der Waals surface area contributed by atoms with E-state index in [1.807, 2.05) is 26.8 Å². The molecule has 10 heteroatoms. The van der Waals surface area contributed by atoms with Crippen LogP contribution in [0.25, 0.3) is 0 Å². The molecule has 1 atom stereocenters. The van der Waals surface area contributed by atoms with Gasteiger partial charge in [0.25, 0.3) is 0 Å². The number of pyridine rings is 1. The van der Waals surface area contributed by atoms with Gasteiger partial charge in [0.2, 0.25) is 0 Å². The molecule has 0 amide bonds. The first-order valence-corrected chi connectivity index (χ1v) is 12.9. The Balaban J connectivity index is 0.00000158. The molecule has 1 spiro atoms. The van der Waals surface area contributed by atoms with E-state index in [0.29, 0.717) is 20.9 Å². The molecule has 0 saturated carbocycles. The quantitative estimate of drug-likeness (QED) is 0.258. The van der Waals surface area contributed by atoms with Crippen molar-refractivity contribution in [3.8, 4) is 0 Å². The van der Waals surface area contributed by atoms with Crippen molar-refractivity contribution in [1.82, 2.24) is 9.88 Å². The minimum Gasteiger partial charge on any atom is -0.392 e. The molecule has 34 heavy (non-hydrogen) atoms. The van der Waals surface area contributed by atoms with Crippen LogP contribution in [0.2, 0.25) is 10.0 Å². The number of thioether (sulfide) groups is 1. The molecular formula is C24H33Cl2N7S. The third kappa shape index (κ3) is 5.40. The van der Waals surface area contributed by atoms with Crippen LogP contribution in [0.5, 0.6) is 0 Å². The largest absolute Gasteiger partial charge is 0.392 e. The van der Waals surface area contributed by atoms with Crippen molar-refractivity contribution in [2.24, 2.45) is 27.6 Å². The van der Waals surface area contributed by atoms with Gasteiger partial charge in [-0.3, -0.25) is 0 Å². The number of guanidine groups is 1. The minimum absolute atomic E-state index is 0.0135. The Morgan fingerprint density at radius 2 is 1.91 bits per heavy atom. The lowest BCUT2D eigenvalue weighted by molar-refractivity contribution is 0.127. The van der Waals surface area contributed by atoms with Crippen molar-refractivity contribution in [3.63, 3.8) is 0 Å². The van der Waals surface area contributed by atoms with Gasteiger partial charge in [0, 0.05) is 35.2 Å². The summed E-state index contributed by atoms with van der Waals surface area (Å²) in [5.41, 5.74) is 28.4. The Morgan fingerprint density at radius 1 is 1.24 bits per heavy atom. The average Bonchev–Trinajstić information content (AvgIpc) is 3.08. The molecule has 4 rings (SSSR count). The molecule has 1 unspecified atom stereocenters. The van der Waals surface area contributed by atoms with Crippen LogP contribution in [0.1, 0.15) is 49.4 Å². The molecule has 0 radical (unpaired) electrons. The number of likely N-dealkylation sites (tertiary alicyclic amines) is 1. The van der Waals surface area contributed by atoms with E-state index in [1.54, 1.807) is 18.5 Å². The fourth-order valence-electron chi connectivity index (χ4n) is 4.57. The molecular weight excluding hydrogens is 489 g/mol. The summed E-state index contributed by atoms with van der Waals surface area (Å²) in [6.45, 7) is 7.61. The zero-order valence-electron chi connectivity index (χ0n) is 19.8. The standard InChI is InChI=1S/C22H27Cl2N7S.C2H6/c1-12-8-13-10-22(19(26)14(13)9-15(12)23)3-6-31(7-4-22)21(28)30-11-17(25)32-16-2-5-29-20(27)18(16)24;1-2/h2,5,8-9,11,19H,3-4,6-7,10,25-26H2,1H3,(H2,27,29)(H2,28,30);1-2H3/b17-11+;. The van der Waals surface area contributed by atoms with Crippen molar-refractivity contribution < 1.29 is 0 Å². The Hall–Kier alpha value is -2.13. The van der Waals surface area contributed by atoms with Gasteiger partial charge < -0.3 is 27.8 Å². The number of nitrogens with zero attached hydrogens (tertiary/aromatic N) is 3. The third-order valence-electron chi connectivity index (χ3n) is 6.47. The lowest BCUT2D eigenvalue weighted by Gasteiger charge is -2.42. The van der Waals surface area contributed by atoms with Crippen LogP contribution in [-0.4, -0.2) is 28.9 Å². The molecule has 0 bridgehead atoms. The number of anilines is 1. The maximum atomic E-state index is 6.70. The number of nitrogens with two attached hydrogens (primary N) is 4. The van der Waals surface area contributed by atoms with Gasteiger partial charge in [-0.2, -0.15) is 0 Å². The second-order valence-electron chi connectivity index (χ2n) is 8.43. The van der Waals surface area contributed by atoms with Crippen molar-refractivity contribution in [1.29, 1.82) is 0 Å². The van der Waals surface area contributed by atoms with Crippen LogP contribution in [-0.2, 0) is 6.42 Å². The topological polar surface area (TPSA) is 133 Å². The average molecular weight is 523 g/mol. The maximum Gasteiger partial charge on any atom is 0.195 e. The van der Waals surface area contributed by atoms with E-state index in [2.05, 4.69) is 20.9 Å². The fraction of sp³-hybridized carbons (Fsp3) is 0.417. The molecule has 184 valence electrons. The predicted octanol–water partition coefficient (Wildman–Crippen LogP) is 4.81. The Labute approximate surface area is 216 Å². The van der Waals surface area contributed by atoms with Gasteiger partial charge in [0.05, 0.1) is 16.3 Å². The van der Waals surface area contributed by atoms with Crippen molar-refractivity contribution in [2.45, 2.75) is 51.0 Å². The summed E-state index contributed by atoms with van der Waals surface area (Å²) >= 11 is 13.8. The van der Waals surface area contributed by atoms with Gasteiger partial charge in [0.1, 0.15) is 5.82 Å². The van der Waals surface area contributed by atoms with Gasteiger partial charge in [-0.15, -0.1) is 0 Å². The smallest absolute Gasteiger partial charge is 0.195 e. The first kappa shape index (κ1) is 26.5. The molecule has 1 aliphatic heterocycles. The van der Waals surface area contributed by atoms with Crippen LogP contribution in [0.15, 0.2) is 45.5 Å². The summed E-state index contributed by atoms with van der Waals surface area (Å²) in [5, 5.41) is 1.61. The zero-order valence-corrected chi connectivity index (χ0v) is 22.1. The number of aliphatic imine (C=N–C) groups is 1. The molecule has 1 fully saturated rings. The first-order valence-electron chi connectivity index (χ1n) is 11.4. The Morgan fingerprint density at radius 3 is 2.59 bits per heavy atom. The molecule has 7 nitrogen and oxygen atoms in total. The minimum atomic E-state index is -0.0135. The van der Waals surface area contributed by atoms with Crippen molar-refractivity contribution in [2.75, 3.05) is 18.8 Å². The monoisotopic (exact) mass is 521 g/mol. The van der Waals surface area contributed by atoms with Gasteiger partial charge in [-0.1, -0.05) is 54.9 Å². The lowest BCUT2D eigenvalue weighted by atomic mass is 9.73. The second kappa shape index (κ2) is 11.1. The number of fused-ring (bicyclic) bond motifs is 1. The Kier molecular flexibility index (Phi) is 8.62. The third-order valence-corrected chi connectivity index (χ3v) is 8.29. The molecule has 2 aromatic rings. The molecule has 1 aromatic carbocycles. The fourth-order valence-corrected chi connectivity index (χ4v) is 5.65. The molecule has 1 saturated heterocycles. The highest BCUT2D eigenvalue weighted by Crippen LogP contribution is 2.51. The summed E-state index contributed by atoms with van der Waals surface area (Å²) in [7, 11) is 0. The van der Waals surface area contributed by atoms with Crippen LogP contribution in [0.3, 0.4) is 0 Å². The van der Waals surface area contributed by atoms with E-state index in [9.17, 15) is 0 Å². The number of aryl methyl sites for hydroxylation is 1. The molecule has 2 aliphatic rings. The molecule has 8 N–H and O–H groups in total. The number of halogens is 2. The van der Waals surface area contributed by atoms with Gasteiger partial charge in [-0.25, -0.2) is 9.98 Å². The SMILES string of the molecule is CC.Cc1cc2c(cc1Cl)C(N)C1(CCN(C(N)=N/C=C(\N)Sc3ccnc(N)c3Cl)CC1)C2. The Bertz CT molecular complexity index is 1090. The van der Waals surface area contributed by atoms with Gasteiger partial charge >= 0.3 is 0 Å². The number of hydrogen-bond donors (Lipinski definition) is 4. The van der Waals surface area contributed by atoms with Crippen LogP contribution in [0, 0.1) is 12.3 Å². The summed E-state index contributed by atoms with van der Waals surface area (Å²) < 4.78 is 0. The van der Waals surface area contributed by atoms with E-state index < -0.39 is 0 Å². The summed E-state index contributed by atoms with van der Waals surface area (Å²) in [4.78, 5) is 11.1. The number of hydrogen-bond acceptors (Lipinski definition) is 6. The molecule has 1 aliphatic carbocycles. The van der Waals surface area contributed by atoms with Crippen molar-refractivity contribution >= 4 is 46.7 Å². The maximum absolute atomic E-state index is 6.70. The van der Waals surface area contributed by atoms with E-state index in [0.717, 1.165) is 42.9 Å². The number of nitrogen functional groups attached to an aromatic ring is 1. The summed E-state index contributed by atoms with van der Waals surface area (Å²) in [6.07, 6.45) is 5.98. The highest BCUT2D eigenvalue weighted by atomic mass is 35.5. The molecule has 1 aromatic heterocycles. The second-order valence-corrected chi connectivity index (χ2v) is 10.3. The van der Waals surface area contributed by atoms with Crippen LogP contribution < -0.4 is 22.9 Å². The van der Waals surface area contributed by atoms with Gasteiger partial charge in [-0.05, 0) is 60.4 Å². The normalized spacial score (nSPS) is 19.6. The lowest BCUT2D eigenvalue weighted by Crippen LogP contribution is -2.48. The first-order chi connectivity index (χ1) is 16.2. The molecule has 2 heterocycles. The zero-order chi connectivity index (χ0) is 25.0. The summed E-state index contributed by atoms with van der Waals surface area (Å²) in [5.74, 6) is 0.700. The predicted molar refractivity (Wildman–Crippen MR) is 145 cm³/mol. The van der Waals surface area contributed by atoms with E-state index in [1.165, 1.54) is 22.9 Å². The van der Waals surface area contributed by atoms with E-state index in [-0.39, 0.29) is 17.3 Å². The number of rotatable bonds is 3. The highest BCUT2D eigenvalue weighted by molar-refractivity contribution is 8.03. The summed E-state index contributed by atoms with van der Waals surface area (Å²) in [6, 6.07) is 5.96.